The van der Waals surface area contributed by atoms with Gasteiger partial charge in [-0.05, 0) is 111 Å². The topological polar surface area (TPSA) is 96.2 Å². The number of aliphatic hydroxyl groups excluding tert-OH is 1. The van der Waals surface area contributed by atoms with Crippen molar-refractivity contribution in [3.8, 4) is 0 Å². The number of allylic oxidation sites excluding steroid dienone is 1. The van der Waals surface area contributed by atoms with Gasteiger partial charge < -0.3 is 24.8 Å². The summed E-state index contributed by atoms with van der Waals surface area (Å²) in [6, 6.07) is 10.5. The van der Waals surface area contributed by atoms with E-state index in [1.165, 1.54) is 5.56 Å². The molecule has 2 bridgehead atoms. The van der Waals surface area contributed by atoms with E-state index >= 15 is 0 Å². The Bertz CT molecular complexity index is 1430. The molecule has 0 amide bonds. The summed E-state index contributed by atoms with van der Waals surface area (Å²) in [5, 5.41) is 37.0. The van der Waals surface area contributed by atoms with Crippen LogP contribution >= 0.6 is 0 Å². The third kappa shape index (κ3) is 4.22. The molecule has 6 heteroatoms. The van der Waals surface area contributed by atoms with Gasteiger partial charge in [-0.2, -0.15) is 0 Å². The lowest BCUT2D eigenvalue weighted by Gasteiger charge is -2.66. The maximum absolute atomic E-state index is 14.3. The van der Waals surface area contributed by atoms with Crippen molar-refractivity contribution < 1.29 is 29.6 Å². The van der Waals surface area contributed by atoms with E-state index in [0.29, 0.717) is 44.3 Å². The van der Waals surface area contributed by atoms with Gasteiger partial charge in [-0.1, -0.05) is 69.7 Å². The molecule has 14 atom stereocenters. The molecule has 0 radical (unpaired) electrons. The van der Waals surface area contributed by atoms with Crippen LogP contribution in [0.1, 0.15) is 97.0 Å². The van der Waals surface area contributed by atoms with Crippen molar-refractivity contribution in [2.75, 3.05) is 13.2 Å². The van der Waals surface area contributed by atoms with E-state index in [4.69, 9.17) is 9.47 Å². The van der Waals surface area contributed by atoms with Crippen molar-refractivity contribution in [3.63, 3.8) is 0 Å². The zero-order chi connectivity index (χ0) is 32.3. The van der Waals surface area contributed by atoms with Gasteiger partial charge in [-0.25, -0.2) is 0 Å². The fraction of sp³-hybridized carbons (Fsp3) is 0.725. The summed E-state index contributed by atoms with van der Waals surface area (Å²) in [7, 11) is 0. The molecule has 5 aliphatic carbocycles. The van der Waals surface area contributed by atoms with Crippen molar-refractivity contribution in [2.24, 2.45) is 46.3 Å². The van der Waals surface area contributed by atoms with E-state index in [0.717, 1.165) is 44.1 Å². The van der Waals surface area contributed by atoms with Gasteiger partial charge in [-0.15, -0.1) is 0 Å². The lowest BCUT2D eigenvalue weighted by molar-refractivity contribution is -0.215. The number of carbonyl (C=O) groups is 1. The SMILES string of the molecule is CC1COC(C(O)C(C)(O)C2CCC3(O)C4=CC(=O)C5CC6(C=CC(c7ccccc7)CO6)CCC5(C)C4C4CCCC23C4)C1C. The molecule has 7 aliphatic rings. The normalized spacial score (nSPS) is 49.9. The lowest BCUT2D eigenvalue weighted by Crippen LogP contribution is -2.67. The highest BCUT2D eigenvalue weighted by Crippen LogP contribution is 2.74. The van der Waals surface area contributed by atoms with E-state index in [-0.39, 0.29) is 40.8 Å². The first-order valence-electron chi connectivity index (χ1n) is 18.2. The number of ether oxygens (including phenoxy) is 2. The zero-order valence-corrected chi connectivity index (χ0v) is 28.2. The summed E-state index contributed by atoms with van der Waals surface area (Å²) < 4.78 is 12.7. The van der Waals surface area contributed by atoms with Crippen LogP contribution in [0.4, 0.5) is 0 Å². The van der Waals surface area contributed by atoms with Gasteiger partial charge >= 0.3 is 0 Å². The number of hydrogen-bond acceptors (Lipinski definition) is 6. The van der Waals surface area contributed by atoms with E-state index in [1.54, 1.807) is 6.92 Å². The summed E-state index contributed by atoms with van der Waals surface area (Å²) in [4.78, 5) is 14.3. The number of benzene rings is 1. The standard InChI is InChI=1S/C40H54O6/c1-24-22-45-34(25(24)2)35(42)37(4,43)32-13-16-40(44)29-19-31(41)30-21-38(15-12-28(23-46-38)26-9-6-5-7-10-26)18-17-36(30,3)33(29)27-11-8-14-39(32,40)20-27/h5-7,9-10,12,15,19,24-25,27-28,30,32-35,42-44H,8,11,13-14,16-18,20-23H2,1-4H3. The molecule has 2 heterocycles. The second-order valence-electron chi connectivity index (χ2n) is 17.3. The van der Waals surface area contributed by atoms with Gasteiger partial charge in [-0.3, -0.25) is 4.79 Å². The quantitative estimate of drug-likeness (QED) is 0.346. The highest BCUT2D eigenvalue weighted by Gasteiger charge is 2.73. The predicted molar refractivity (Wildman–Crippen MR) is 176 cm³/mol. The Hall–Kier alpha value is -1.83. The third-order valence-electron chi connectivity index (χ3n) is 15.2. The van der Waals surface area contributed by atoms with Crippen LogP contribution in [0.15, 0.2) is 54.1 Å². The third-order valence-corrected chi connectivity index (χ3v) is 15.2. The molecule has 1 saturated heterocycles. The average molecular weight is 631 g/mol. The number of aliphatic hydroxyl groups is 3. The van der Waals surface area contributed by atoms with Crippen molar-refractivity contribution in [1.82, 2.24) is 0 Å². The summed E-state index contributed by atoms with van der Waals surface area (Å²) in [6.07, 6.45) is 12.3. The fourth-order valence-electron chi connectivity index (χ4n) is 12.4. The number of carbonyl (C=O) groups excluding carboxylic acids is 1. The smallest absolute Gasteiger partial charge is 0.159 e. The van der Waals surface area contributed by atoms with E-state index in [2.05, 4.69) is 57.2 Å². The Morgan fingerprint density at radius 2 is 1.80 bits per heavy atom. The van der Waals surface area contributed by atoms with Crippen molar-refractivity contribution in [1.29, 1.82) is 0 Å². The first-order valence-corrected chi connectivity index (χ1v) is 18.2. The van der Waals surface area contributed by atoms with Crippen LogP contribution < -0.4 is 0 Å². The van der Waals surface area contributed by atoms with Crippen molar-refractivity contribution in [2.45, 2.75) is 120 Å². The molecule has 1 aromatic rings. The Morgan fingerprint density at radius 3 is 2.50 bits per heavy atom. The molecule has 250 valence electrons. The molecule has 3 N–H and O–H groups in total. The Balaban J connectivity index is 1.10. The van der Waals surface area contributed by atoms with Crippen LogP contribution in [-0.4, -0.2) is 63.3 Å². The molecule has 14 unspecified atom stereocenters. The van der Waals surface area contributed by atoms with Gasteiger partial charge in [0.2, 0.25) is 0 Å². The van der Waals surface area contributed by atoms with Gasteiger partial charge in [0.25, 0.3) is 0 Å². The molecule has 5 fully saturated rings. The molecule has 1 aromatic carbocycles. The zero-order valence-electron chi connectivity index (χ0n) is 28.2. The molecule has 0 aromatic heterocycles. The first-order chi connectivity index (χ1) is 21.9. The second kappa shape index (κ2) is 10.6. The summed E-state index contributed by atoms with van der Waals surface area (Å²) >= 11 is 0. The molecule has 2 aliphatic heterocycles. The fourth-order valence-corrected chi connectivity index (χ4v) is 12.4. The largest absolute Gasteiger partial charge is 0.387 e. The van der Waals surface area contributed by atoms with Gasteiger partial charge in [0, 0.05) is 23.9 Å². The molecule has 4 saturated carbocycles. The van der Waals surface area contributed by atoms with E-state index in [1.807, 2.05) is 12.1 Å². The summed E-state index contributed by atoms with van der Waals surface area (Å²) in [5.41, 5.74) is -1.57. The van der Waals surface area contributed by atoms with Gasteiger partial charge in [0.1, 0.15) is 6.10 Å². The number of ketones is 1. The number of fused-ring (bicyclic) bond motifs is 6. The Kier molecular flexibility index (Phi) is 7.23. The summed E-state index contributed by atoms with van der Waals surface area (Å²) in [6.45, 7) is 9.58. The lowest BCUT2D eigenvalue weighted by atomic mass is 9.39. The second-order valence-corrected chi connectivity index (χ2v) is 17.3. The van der Waals surface area contributed by atoms with Gasteiger partial charge in [0.05, 0.1) is 29.5 Å². The van der Waals surface area contributed by atoms with Crippen LogP contribution in [0, 0.1) is 46.3 Å². The minimum absolute atomic E-state index is 0.135. The maximum Gasteiger partial charge on any atom is 0.159 e. The minimum Gasteiger partial charge on any atom is -0.387 e. The monoisotopic (exact) mass is 630 g/mol. The molecule has 8 rings (SSSR count). The maximum atomic E-state index is 14.3. The van der Waals surface area contributed by atoms with Crippen molar-refractivity contribution in [3.05, 3.63) is 59.7 Å². The Labute approximate surface area is 274 Å². The average Bonchev–Trinajstić information content (AvgIpc) is 3.53. The van der Waals surface area contributed by atoms with Crippen LogP contribution in [0.25, 0.3) is 0 Å². The van der Waals surface area contributed by atoms with Crippen LogP contribution in [-0.2, 0) is 14.3 Å². The Morgan fingerprint density at radius 1 is 1.02 bits per heavy atom. The first kappa shape index (κ1) is 31.4. The van der Waals surface area contributed by atoms with Crippen molar-refractivity contribution >= 4 is 5.78 Å². The van der Waals surface area contributed by atoms with Crippen LogP contribution in [0.5, 0.6) is 0 Å². The van der Waals surface area contributed by atoms with E-state index in [9.17, 15) is 20.1 Å². The number of hydrogen-bond donors (Lipinski definition) is 3. The highest BCUT2D eigenvalue weighted by atomic mass is 16.5. The predicted octanol–water partition coefficient (Wildman–Crippen LogP) is 6.14. The number of rotatable bonds is 4. The molecular formula is C40H54O6. The van der Waals surface area contributed by atoms with Gasteiger partial charge in [0.15, 0.2) is 5.78 Å². The molecule has 46 heavy (non-hydrogen) atoms. The van der Waals surface area contributed by atoms with Crippen LogP contribution in [0.3, 0.4) is 0 Å². The summed E-state index contributed by atoms with van der Waals surface area (Å²) in [5.74, 6) is 0.904. The molecule has 6 nitrogen and oxygen atoms in total. The molecule has 2 spiro atoms. The van der Waals surface area contributed by atoms with Crippen LogP contribution in [0.2, 0.25) is 0 Å². The highest BCUT2D eigenvalue weighted by molar-refractivity contribution is 5.95. The van der Waals surface area contributed by atoms with E-state index < -0.39 is 34.4 Å². The molecular weight excluding hydrogens is 576 g/mol. The minimum atomic E-state index is -1.41.